The van der Waals surface area contributed by atoms with E-state index in [9.17, 15) is 9.59 Å². The maximum Gasteiger partial charge on any atom is 0.269 e. The second-order valence-electron chi connectivity index (χ2n) is 7.38. The van der Waals surface area contributed by atoms with Crippen molar-refractivity contribution in [1.82, 2.24) is 20.1 Å². The molecule has 0 unspecified atom stereocenters. The van der Waals surface area contributed by atoms with Gasteiger partial charge < -0.3 is 10.2 Å². The zero-order chi connectivity index (χ0) is 19.9. The van der Waals surface area contributed by atoms with Crippen LogP contribution in [0, 0.1) is 0 Å². The fraction of sp³-hybridized carbons (Fsp3) is 0.409. The second-order valence-corrected chi connectivity index (χ2v) is 7.38. The first kappa shape index (κ1) is 20.0. The Hall–Kier alpha value is -2.73. The maximum atomic E-state index is 12.7. The molecular formula is C22H28N4O2. The van der Waals surface area contributed by atoms with Gasteiger partial charge >= 0.3 is 0 Å². The molecule has 0 saturated carbocycles. The maximum absolute atomic E-state index is 12.7. The number of nitrogens with one attached hydrogen (secondary N) is 1. The van der Waals surface area contributed by atoms with Crippen LogP contribution in [-0.2, 0) is 0 Å². The van der Waals surface area contributed by atoms with Crippen molar-refractivity contribution in [1.29, 1.82) is 0 Å². The summed E-state index contributed by atoms with van der Waals surface area (Å²) in [7, 11) is 0. The summed E-state index contributed by atoms with van der Waals surface area (Å²) in [5, 5.41) is 2.90. The Bertz CT molecular complexity index is 782. The van der Waals surface area contributed by atoms with Crippen molar-refractivity contribution in [3.8, 4) is 0 Å². The predicted octanol–water partition coefficient (Wildman–Crippen LogP) is 2.39. The van der Waals surface area contributed by atoms with Crippen LogP contribution in [0.2, 0.25) is 0 Å². The van der Waals surface area contributed by atoms with Crippen LogP contribution < -0.4 is 5.32 Å². The third-order valence-corrected chi connectivity index (χ3v) is 5.09. The van der Waals surface area contributed by atoms with Crippen LogP contribution >= 0.6 is 0 Å². The summed E-state index contributed by atoms with van der Waals surface area (Å²) in [6, 6.07) is 13.2. The lowest BCUT2D eigenvalue weighted by Crippen LogP contribution is -2.50. The van der Waals surface area contributed by atoms with Crippen molar-refractivity contribution in [3.05, 3.63) is 65.5 Å². The molecule has 148 valence electrons. The summed E-state index contributed by atoms with van der Waals surface area (Å²) in [5.74, 6) is 0.406. The SMILES string of the molecule is CC(C)c1ccc(C(=O)N2CCN(CCNC(=O)c3ccccn3)CC2)cc1. The molecule has 28 heavy (non-hydrogen) atoms. The van der Waals surface area contributed by atoms with Gasteiger partial charge in [-0.1, -0.05) is 32.0 Å². The fourth-order valence-electron chi connectivity index (χ4n) is 3.28. The molecule has 1 N–H and O–H groups in total. The summed E-state index contributed by atoms with van der Waals surface area (Å²) < 4.78 is 0. The standard InChI is InChI=1S/C22H28N4O2/c1-17(2)18-6-8-19(9-7-18)22(28)26-15-13-25(14-16-26)12-11-24-21(27)20-5-3-4-10-23-20/h3-10,17H,11-16H2,1-2H3,(H,24,27). The zero-order valence-electron chi connectivity index (χ0n) is 16.6. The van der Waals surface area contributed by atoms with Gasteiger partial charge in [0, 0.05) is 51.0 Å². The van der Waals surface area contributed by atoms with Gasteiger partial charge in [-0.15, -0.1) is 0 Å². The Morgan fingerprint density at radius 1 is 1.04 bits per heavy atom. The molecule has 0 bridgehead atoms. The van der Waals surface area contributed by atoms with E-state index in [0.717, 1.165) is 25.2 Å². The summed E-state index contributed by atoms with van der Waals surface area (Å²) in [6.45, 7) is 8.68. The first-order valence-electron chi connectivity index (χ1n) is 9.85. The first-order valence-corrected chi connectivity index (χ1v) is 9.85. The molecule has 6 heteroatoms. The van der Waals surface area contributed by atoms with Gasteiger partial charge in [0.25, 0.3) is 11.8 Å². The van der Waals surface area contributed by atoms with E-state index in [1.165, 1.54) is 5.56 Å². The van der Waals surface area contributed by atoms with Crippen LogP contribution in [0.3, 0.4) is 0 Å². The highest BCUT2D eigenvalue weighted by Crippen LogP contribution is 2.16. The number of amides is 2. The highest BCUT2D eigenvalue weighted by molar-refractivity contribution is 5.94. The number of pyridine rings is 1. The average molecular weight is 380 g/mol. The Kier molecular flexibility index (Phi) is 6.76. The molecular weight excluding hydrogens is 352 g/mol. The van der Waals surface area contributed by atoms with Gasteiger partial charge in [0.1, 0.15) is 5.69 Å². The van der Waals surface area contributed by atoms with Gasteiger partial charge in [0.15, 0.2) is 0 Å². The molecule has 0 spiro atoms. The topological polar surface area (TPSA) is 65.5 Å². The smallest absolute Gasteiger partial charge is 0.269 e. The Morgan fingerprint density at radius 2 is 1.75 bits per heavy atom. The number of carbonyl (C=O) groups excluding carboxylic acids is 2. The summed E-state index contributed by atoms with van der Waals surface area (Å²) in [6.07, 6.45) is 1.61. The van der Waals surface area contributed by atoms with E-state index in [-0.39, 0.29) is 11.8 Å². The lowest BCUT2D eigenvalue weighted by atomic mass is 10.0. The van der Waals surface area contributed by atoms with Gasteiger partial charge in [0.2, 0.25) is 0 Å². The van der Waals surface area contributed by atoms with Gasteiger partial charge in [-0.2, -0.15) is 0 Å². The summed E-state index contributed by atoms with van der Waals surface area (Å²) >= 11 is 0. The first-order chi connectivity index (χ1) is 13.5. The van der Waals surface area contributed by atoms with E-state index < -0.39 is 0 Å². The quantitative estimate of drug-likeness (QED) is 0.836. The van der Waals surface area contributed by atoms with Crippen LogP contribution in [0.4, 0.5) is 0 Å². The van der Waals surface area contributed by atoms with Crippen molar-refractivity contribution in [2.24, 2.45) is 0 Å². The molecule has 1 aromatic carbocycles. The summed E-state index contributed by atoms with van der Waals surface area (Å²) in [5.41, 5.74) is 2.43. The van der Waals surface area contributed by atoms with Crippen molar-refractivity contribution in [2.75, 3.05) is 39.3 Å². The van der Waals surface area contributed by atoms with E-state index in [4.69, 9.17) is 0 Å². The normalized spacial score (nSPS) is 14.9. The van der Waals surface area contributed by atoms with Crippen LogP contribution in [0.25, 0.3) is 0 Å². The van der Waals surface area contributed by atoms with Crippen molar-refractivity contribution < 1.29 is 9.59 Å². The fourth-order valence-corrected chi connectivity index (χ4v) is 3.28. The van der Waals surface area contributed by atoms with Crippen LogP contribution in [0.15, 0.2) is 48.7 Å². The number of hydrogen-bond acceptors (Lipinski definition) is 4. The Balaban J connectivity index is 1.41. The number of nitrogens with zero attached hydrogens (tertiary/aromatic N) is 3. The molecule has 0 aliphatic carbocycles. The van der Waals surface area contributed by atoms with Gasteiger partial charge in [-0.3, -0.25) is 19.5 Å². The second kappa shape index (κ2) is 9.46. The number of rotatable bonds is 6. The molecule has 1 saturated heterocycles. The van der Waals surface area contributed by atoms with Crippen molar-refractivity contribution >= 4 is 11.8 Å². The average Bonchev–Trinajstić information content (AvgIpc) is 2.74. The molecule has 2 heterocycles. The molecule has 0 atom stereocenters. The zero-order valence-corrected chi connectivity index (χ0v) is 16.6. The molecule has 1 aromatic heterocycles. The third-order valence-electron chi connectivity index (χ3n) is 5.09. The lowest BCUT2D eigenvalue weighted by Gasteiger charge is -2.34. The molecule has 3 rings (SSSR count). The van der Waals surface area contributed by atoms with Crippen molar-refractivity contribution in [2.45, 2.75) is 19.8 Å². The van der Waals surface area contributed by atoms with Crippen molar-refractivity contribution in [3.63, 3.8) is 0 Å². The molecule has 6 nitrogen and oxygen atoms in total. The summed E-state index contributed by atoms with van der Waals surface area (Å²) in [4.78, 5) is 32.9. The van der Waals surface area contributed by atoms with E-state index >= 15 is 0 Å². The van der Waals surface area contributed by atoms with Gasteiger partial charge in [-0.25, -0.2) is 0 Å². The number of piperazine rings is 1. The highest BCUT2D eigenvalue weighted by atomic mass is 16.2. The highest BCUT2D eigenvalue weighted by Gasteiger charge is 2.22. The van der Waals surface area contributed by atoms with E-state index in [2.05, 4.69) is 29.0 Å². The van der Waals surface area contributed by atoms with Gasteiger partial charge in [-0.05, 0) is 35.7 Å². The minimum atomic E-state index is -0.153. The van der Waals surface area contributed by atoms with Gasteiger partial charge in [0.05, 0.1) is 0 Å². The number of hydrogen-bond donors (Lipinski definition) is 1. The number of carbonyl (C=O) groups is 2. The van der Waals surface area contributed by atoms with E-state index in [1.54, 1.807) is 24.4 Å². The molecule has 1 aliphatic rings. The Labute approximate surface area is 166 Å². The van der Waals surface area contributed by atoms with E-state index in [1.807, 2.05) is 29.2 Å². The van der Waals surface area contributed by atoms with E-state index in [0.29, 0.717) is 31.2 Å². The molecule has 2 amide bonds. The predicted molar refractivity (Wildman–Crippen MR) is 109 cm³/mol. The largest absolute Gasteiger partial charge is 0.349 e. The number of aromatic nitrogens is 1. The van der Waals surface area contributed by atoms with Crippen LogP contribution in [-0.4, -0.2) is 65.9 Å². The lowest BCUT2D eigenvalue weighted by molar-refractivity contribution is 0.0638. The monoisotopic (exact) mass is 380 g/mol. The van der Waals surface area contributed by atoms with Crippen LogP contribution in [0.1, 0.15) is 46.2 Å². The molecule has 0 radical (unpaired) electrons. The molecule has 2 aromatic rings. The minimum Gasteiger partial charge on any atom is -0.349 e. The van der Waals surface area contributed by atoms with Crippen LogP contribution in [0.5, 0.6) is 0 Å². The minimum absolute atomic E-state index is 0.0958. The molecule has 1 aliphatic heterocycles. The third kappa shape index (κ3) is 5.16. The molecule has 1 fully saturated rings. The number of benzene rings is 1. The Morgan fingerprint density at radius 3 is 2.36 bits per heavy atom.